The van der Waals surface area contributed by atoms with Crippen LogP contribution in [0, 0.1) is 0 Å². The van der Waals surface area contributed by atoms with Crippen LogP contribution in [0.5, 0.6) is 0 Å². The van der Waals surface area contributed by atoms with Gasteiger partial charge in [-0.05, 0) is 12.8 Å². The molecule has 0 radical (unpaired) electrons. The number of aromatic nitrogens is 2. The maximum absolute atomic E-state index is 9.58. The average molecular weight is 252 g/mol. The minimum atomic E-state index is -0.535. The molecule has 0 amide bonds. The van der Waals surface area contributed by atoms with Crippen molar-refractivity contribution in [2.45, 2.75) is 24.9 Å². The van der Waals surface area contributed by atoms with Crippen molar-refractivity contribution in [2.24, 2.45) is 0 Å². The normalized spacial score (nSPS) is 16.4. The van der Waals surface area contributed by atoms with Gasteiger partial charge in [0.15, 0.2) is 0 Å². The SMILES string of the molecule is CNc1cc(NCC(O)COC)nc(C2CC2)n1. The van der Waals surface area contributed by atoms with Crippen LogP contribution in [-0.2, 0) is 4.74 Å². The van der Waals surface area contributed by atoms with E-state index in [1.807, 2.05) is 13.1 Å². The summed E-state index contributed by atoms with van der Waals surface area (Å²) in [5.41, 5.74) is 0. The molecule has 1 fully saturated rings. The van der Waals surface area contributed by atoms with Gasteiger partial charge in [0.25, 0.3) is 0 Å². The Balaban J connectivity index is 2.00. The van der Waals surface area contributed by atoms with Crippen molar-refractivity contribution in [3.63, 3.8) is 0 Å². The van der Waals surface area contributed by atoms with E-state index in [1.54, 1.807) is 7.11 Å². The Bertz CT molecular complexity index is 396. The highest BCUT2D eigenvalue weighted by Crippen LogP contribution is 2.38. The number of aliphatic hydroxyl groups is 1. The van der Waals surface area contributed by atoms with Gasteiger partial charge < -0.3 is 20.5 Å². The molecule has 6 nitrogen and oxygen atoms in total. The van der Waals surface area contributed by atoms with E-state index in [0.29, 0.717) is 19.1 Å². The second-order valence-electron chi connectivity index (χ2n) is 4.51. The summed E-state index contributed by atoms with van der Waals surface area (Å²) >= 11 is 0. The number of hydrogen-bond acceptors (Lipinski definition) is 6. The topological polar surface area (TPSA) is 79.3 Å². The van der Waals surface area contributed by atoms with Crippen LogP contribution in [-0.4, -0.2) is 48.5 Å². The lowest BCUT2D eigenvalue weighted by molar-refractivity contribution is 0.0727. The van der Waals surface area contributed by atoms with Crippen molar-refractivity contribution < 1.29 is 9.84 Å². The van der Waals surface area contributed by atoms with Crippen LogP contribution in [0.1, 0.15) is 24.6 Å². The van der Waals surface area contributed by atoms with Gasteiger partial charge in [0.1, 0.15) is 17.5 Å². The summed E-state index contributed by atoms with van der Waals surface area (Å²) in [7, 11) is 3.40. The molecule has 1 aromatic rings. The molecule has 1 heterocycles. The number of hydrogen-bond donors (Lipinski definition) is 3. The van der Waals surface area contributed by atoms with Gasteiger partial charge in [0, 0.05) is 32.7 Å². The van der Waals surface area contributed by atoms with Crippen LogP contribution >= 0.6 is 0 Å². The van der Waals surface area contributed by atoms with E-state index >= 15 is 0 Å². The predicted molar refractivity (Wildman–Crippen MR) is 69.9 cm³/mol. The lowest BCUT2D eigenvalue weighted by Gasteiger charge is -2.12. The van der Waals surface area contributed by atoms with Crippen molar-refractivity contribution in [3.8, 4) is 0 Å². The smallest absolute Gasteiger partial charge is 0.136 e. The Hall–Kier alpha value is -1.40. The Morgan fingerprint density at radius 2 is 2.17 bits per heavy atom. The van der Waals surface area contributed by atoms with E-state index in [1.165, 1.54) is 12.8 Å². The zero-order valence-corrected chi connectivity index (χ0v) is 10.8. The maximum Gasteiger partial charge on any atom is 0.136 e. The molecule has 1 saturated carbocycles. The van der Waals surface area contributed by atoms with Crippen LogP contribution in [0.4, 0.5) is 11.6 Å². The van der Waals surface area contributed by atoms with E-state index in [0.717, 1.165) is 17.5 Å². The van der Waals surface area contributed by atoms with E-state index in [4.69, 9.17) is 4.74 Å². The number of anilines is 2. The first-order chi connectivity index (χ1) is 8.72. The standard InChI is InChI=1S/C12H20N4O2/c1-13-10-5-11(14-6-9(17)7-18-2)16-12(15-10)8-3-4-8/h5,8-9,17H,3-4,6-7H2,1-2H3,(H2,13,14,15,16). The molecule has 0 bridgehead atoms. The van der Waals surface area contributed by atoms with E-state index in [-0.39, 0.29) is 0 Å². The van der Waals surface area contributed by atoms with Crippen molar-refractivity contribution >= 4 is 11.6 Å². The van der Waals surface area contributed by atoms with Gasteiger partial charge in [0.05, 0.1) is 12.7 Å². The second kappa shape index (κ2) is 5.97. The summed E-state index contributed by atoms with van der Waals surface area (Å²) in [4.78, 5) is 8.89. The first-order valence-corrected chi connectivity index (χ1v) is 6.20. The molecule has 18 heavy (non-hydrogen) atoms. The summed E-state index contributed by atoms with van der Waals surface area (Å²) in [5, 5.41) is 15.7. The van der Waals surface area contributed by atoms with Gasteiger partial charge in [-0.15, -0.1) is 0 Å². The minimum absolute atomic E-state index is 0.312. The molecular weight excluding hydrogens is 232 g/mol. The molecular formula is C12H20N4O2. The summed E-state index contributed by atoms with van der Waals surface area (Å²) in [6.07, 6.45) is 1.80. The molecule has 6 heteroatoms. The predicted octanol–water partition coefficient (Wildman–Crippen LogP) is 0.815. The molecule has 0 aliphatic heterocycles. The van der Waals surface area contributed by atoms with Crippen LogP contribution in [0.15, 0.2) is 6.07 Å². The average Bonchev–Trinajstić information content (AvgIpc) is 3.20. The molecule has 0 saturated heterocycles. The molecule has 1 unspecified atom stereocenters. The van der Waals surface area contributed by atoms with Crippen LogP contribution in [0.3, 0.4) is 0 Å². The van der Waals surface area contributed by atoms with E-state index in [2.05, 4.69) is 20.6 Å². The minimum Gasteiger partial charge on any atom is -0.389 e. The molecule has 0 aromatic carbocycles. The molecule has 1 atom stereocenters. The van der Waals surface area contributed by atoms with Gasteiger partial charge in [-0.2, -0.15) is 0 Å². The maximum atomic E-state index is 9.58. The van der Waals surface area contributed by atoms with Gasteiger partial charge >= 0.3 is 0 Å². The Labute approximate surface area is 107 Å². The summed E-state index contributed by atoms with van der Waals surface area (Å²) in [5.74, 6) is 2.93. The number of ether oxygens (including phenoxy) is 1. The summed E-state index contributed by atoms with van der Waals surface area (Å²) < 4.78 is 4.87. The van der Waals surface area contributed by atoms with Gasteiger partial charge in [0.2, 0.25) is 0 Å². The fourth-order valence-electron chi connectivity index (χ4n) is 1.68. The lowest BCUT2D eigenvalue weighted by atomic mass is 10.3. The Morgan fingerprint density at radius 3 is 2.78 bits per heavy atom. The quantitative estimate of drug-likeness (QED) is 0.666. The number of nitrogens with zero attached hydrogens (tertiary/aromatic N) is 2. The summed E-state index contributed by atoms with van der Waals surface area (Å²) in [6, 6.07) is 1.84. The van der Waals surface area contributed by atoms with E-state index < -0.39 is 6.10 Å². The van der Waals surface area contributed by atoms with Crippen LogP contribution in [0.25, 0.3) is 0 Å². The third kappa shape index (κ3) is 3.54. The first kappa shape index (κ1) is 13.0. The van der Waals surface area contributed by atoms with Gasteiger partial charge in [-0.25, -0.2) is 9.97 Å². The molecule has 100 valence electrons. The number of rotatable bonds is 7. The highest BCUT2D eigenvalue weighted by molar-refractivity contribution is 5.47. The molecule has 1 aliphatic rings. The van der Waals surface area contributed by atoms with E-state index in [9.17, 15) is 5.11 Å². The van der Waals surface area contributed by atoms with Crippen molar-refractivity contribution in [1.29, 1.82) is 0 Å². The van der Waals surface area contributed by atoms with Crippen LogP contribution in [0.2, 0.25) is 0 Å². The number of methoxy groups -OCH3 is 1. The van der Waals surface area contributed by atoms with Crippen molar-refractivity contribution in [2.75, 3.05) is 37.9 Å². The molecule has 1 aromatic heterocycles. The summed E-state index contributed by atoms with van der Waals surface area (Å²) in [6.45, 7) is 0.727. The highest BCUT2D eigenvalue weighted by Gasteiger charge is 2.27. The zero-order valence-electron chi connectivity index (χ0n) is 10.8. The highest BCUT2D eigenvalue weighted by atomic mass is 16.5. The Morgan fingerprint density at radius 1 is 1.44 bits per heavy atom. The number of aliphatic hydroxyl groups excluding tert-OH is 1. The molecule has 0 spiro atoms. The number of nitrogens with one attached hydrogen (secondary N) is 2. The largest absolute Gasteiger partial charge is 0.389 e. The monoisotopic (exact) mass is 252 g/mol. The fourth-order valence-corrected chi connectivity index (χ4v) is 1.68. The fraction of sp³-hybridized carbons (Fsp3) is 0.667. The molecule has 3 N–H and O–H groups in total. The molecule has 1 aliphatic carbocycles. The third-order valence-electron chi connectivity index (χ3n) is 2.82. The van der Waals surface area contributed by atoms with Gasteiger partial charge in [-0.1, -0.05) is 0 Å². The first-order valence-electron chi connectivity index (χ1n) is 6.20. The third-order valence-corrected chi connectivity index (χ3v) is 2.82. The zero-order chi connectivity index (χ0) is 13.0. The lowest BCUT2D eigenvalue weighted by Crippen LogP contribution is -2.24. The van der Waals surface area contributed by atoms with Gasteiger partial charge in [-0.3, -0.25) is 0 Å². The van der Waals surface area contributed by atoms with Crippen molar-refractivity contribution in [1.82, 2.24) is 9.97 Å². The molecule has 2 rings (SSSR count). The Kier molecular flexibility index (Phi) is 4.33. The van der Waals surface area contributed by atoms with Crippen LogP contribution < -0.4 is 10.6 Å². The van der Waals surface area contributed by atoms with Crippen molar-refractivity contribution in [3.05, 3.63) is 11.9 Å². The second-order valence-corrected chi connectivity index (χ2v) is 4.51.